The molecule has 0 unspecified atom stereocenters. The topological polar surface area (TPSA) is 100 Å². The van der Waals surface area contributed by atoms with Gasteiger partial charge in [0.25, 0.3) is 0 Å². The van der Waals surface area contributed by atoms with Gasteiger partial charge >= 0.3 is 0 Å². The number of rotatable bonds is 8. The molecule has 9 heteroatoms. The Balaban J connectivity index is 1.97. The molecule has 38 heavy (non-hydrogen) atoms. The quantitative estimate of drug-likeness (QED) is 0.317. The maximum Gasteiger partial charge on any atom is 0.227 e. The van der Waals surface area contributed by atoms with Gasteiger partial charge in [-0.05, 0) is 54.6 Å². The number of hydrogen-bond acceptors (Lipinski definition) is 8. The highest BCUT2D eigenvalue weighted by Gasteiger charge is 2.23. The molecule has 4 rings (SSSR count). The van der Waals surface area contributed by atoms with Gasteiger partial charge in [-0.3, -0.25) is 4.79 Å². The largest absolute Gasteiger partial charge is 0.502 e. The number of ether oxygens (including phenoxy) is 2. The van der Waals surface area contributed by atoms with Crippen molar-refractivity contribution < 1.29 is 23.8 Å². The summed E-state index contributed by atoms with van der Waals surface area (Å²) in [6.45, 7) is 1.47. The fraction of sp³-hybridized carbons (Fsp3) is 0.241. The van der Waals surface area contributed by atoms with Crippen LogP contribution in [0.15, 0.2) is 59.0 Å². The second kappa shape index (κ2) is 10.8. The van der Waals surface area contributed by atoms with Crippen molar-refractivity contribution in [2.24, 2.45) is 0 Å². The van der Waals surface area contributed by atoms with Crippen molar-refractivity contribution in [2.45, 2.75) is 6.92 Å². The molecule has 9 nitrogen and oxygen atoms in total. The molecule has 1 aromatic heterocycles. The van der Waals surface area contributed by atoms with Crippen LogP contribution in [-0.4, -0.2) is 58.4 Å². The molecule has 0 aliphatic rings. The van der Waals surface area contributed by atoms with Gasteiger partial charge in [0, 0.05) is 63.2 Å². The van der Waals surface area contributed by atoms with Crippen molar-refractivity contribution in [3.8, 4) is 51.3 Å². The lowest BCUT2D eigenvalue weighted by Crippen LogP contribution is -2.11. The molecule has 0 bridgehead atoms. The van der Waals surface area contributed by atoms with E-state index in [4.69, 9.17) is 18.9 Å². The number of nitrogens with zero attached hydrogens (tertiary/aromatic N) is 3. The molecule has 0 radical (unpaired) electrons. The monoisotopic (exact) mass is 516 g/mol. The normalized spacial score (nSPS) is 10.7. The lowest BCUT2D eigenvalue weighted by Gasteiger charge is -2.17. The van der Waals surface area contributed by atoms with Gasteiger partial charge in [-0.1, -0.05) is 0 Å². The van der Waals surface area contributed by atoms with E-state index in [2.05, 4.69) is 5.32 Å². The lowest BCUT2D eigenvalue weighted by atomic mass is 10.0. The van der Waals surface area contributed by atoms with Crippen molar-refractivity contribution in [1.82, 2.24) is 4.98 Å². The van der Waals surface area contributed by atoms with Crippen LogP contribution in [0.1, 0.15) is 6.92 Å². The van der Waals surface area contributed by atoms with Crippen LogP contribution in [0.2, 0.25) is 0 Å². The zero-order chi connectivity index (χ0) is 27.6. The summed E-state index contributed by atoms with van der Waals surface area (Å²) in [4.78, 5) is 21.0. The highest BCUT2D eigenvalue weighted by atomic mass is 16.5. The van der Waals surface area contributed by atoms with Crippen LogP contribution in [-0.2, 0) is 4.79 Å². The van der Waals surface area contributed by atoms with E-state index >= 15 is 0 Å². The Hall–Kier alpha value is -4.66. The number of phenolic OH excluding ortho intramolecular Hbond substituents is 1. The first-order valence-corrected chi connectivity index (χ1v) is 12.0. The van der Waals surface area contributed by atoms with Crippen LogP contribution in [0.4, 0.5) is 17.1 Å². The van der Waals surface area contributed by atoms with Crippen LogP contribution in [0.3, 0.4) is 0 Å². The average Bonchev–Trinajstić information content (AvgIpc) is 3.33. The second-order valence-corrected chi connectivity index (χ2v) is 9.17. The molecule has 198 valence electrons. The van der Waals surface area contributed by atoms with Crippen molar-refractivity contribution in [3.63, 3.8) is 0 Å². The molecule has 0 spiro atoms. The Labute approximate surface area is 222 Å². The summed E-state index contributed by atoms with van der Waals surface area (Å²) < 4.78 is 17.0. The molecule has 2 N–H and O–H groups in total. The minimum atomic E-state index is -0.198. The minimum Gasteiger partial charge on any atom is -0.502 e. The molecule has 4 aromatic rings. The Morgan fingerprint density at radius 1 is 0.868 bits per heavy atom. The Morgan fingerprint density at radius 3 is 1.97 bits per heavy atom. The van der Waals surface area contributed by atoms with E-state index in [1.807, 2.05) is 80.5 Å². The van der Waals surface area contributed by atoms with E-state index in [-0.39, 0.29) is 23.2 Å². The highest BCUT2D eigenvalue weighted by Crippen LogP contribution is 2.44. The fourth-order valence-corrected chi connectivity index (χ4v) is 4.06. The molecular formula is C29H32N4O5. The summed E-state index contributed by atoms with van der Waals surface area (Å²) in [5.74, 6) is 0.970. The average molecular weight is 517 g/mol. The van der Waals surface area contributed by atoms with Gasteiger partial charge in [0.05, 0.1) is 19.9 Å². The van der Waals surface area contributed by atoms with Gasteiger partial charge < -0.3 is 34.1 Å². The Kier molecular flexibility index (Phi) is 7.47. The van der Waals surface area contributed by atoms with Crippen molar-refractivity contribution in [1.29, 1.82) is 0 Å². The number of oxazole rings is 1. The zero-order valence-corrected chi connectivity index (χ0v) is 22.6. The van der Waals surface area contributed by atoms with Crippen LogP contribution >= 0.6 is 0 Å². The van der Waals surface area contributed by atoms with Crippen LogP contribution in [0, 0.1) is 0 Å². The summed E-state index contributed by atoms with van der Waals surface area (Å²) in [5.41, 5.74) is 5.19. The number of amides is 1. The number of hydrogen-bond donors (Lipinski definition) is 2. The molecule has 0 atom stereocenters. The summed E-state index contributed by atoms with van der Waals surface area (Å²) >= 11 is 0. The number of aromatic nitrogens is 1. The molecule has 0 saturated heterocycles. The minimum absolute atomic E-state index is 0.114. The molecule has 0 fully saturated rings. The fourth-order valence-electron chi connectivity index (χ4n) is 4.06. The van der Waals surface area contributed by atoms with Gasteiger partial charge in [-0.15, -0.1) is 0 Å². The number of anilines is 3. The predicted molar refractivity (Wildman–Crippen MR) is 151 cm³/mol. The van der Waals surface area contributed by atoms with Gasteiger partial charge in [0.1, 0.15) is 5.69 Å². The maximum absolute atomic E-state index is 12.1. The third kappa shape index (κ3) is 5.22. The molecular weight excluding hydrogens is 484 g/mol. The van der Waals surface area contributed by atoms with Crippen LogP contribution < -0.4 is 24.6 Å². The molecule has 1 amide bonds. The Morgan fingerprint density at radius 2 is 1.45 bits per heavy atom. The summed E-state index contributed by atoms with van der Waals surface area (Å²) in [5, 5.41) is 13.3. The predicted octanol–water partition coefficient (Wildman–Crippen LogP) is 5.49. The number of methoxy groups -OCH3 is 2. The third-order valence-electron chi connectivity index (χ3n) is 6.09. The van der Waals surface area contributed by atoms with Crippen LogP contribution in [0.25, 0.3) is 34.0 Å². The first-order chi connectivity index (χ1) is 18.1. The zero-order valence-electron chi connectivity index (χ0n) is 22.6. The van der Waals surface area contributed by atoms with E-state index in [1.54, 1.807) is 12.1 Å². The van der Waals surface area contributed by atoms with E-state index in [0.29, 0.717) is 34.2 Å². The number of phenols is 1. The number of carbonyl (C=O) groups is 1. The Bertz CT molecular complexity index is 1430. The SMILES string of the molecule is COc1cc(-c2nc(-c3ccc(N(C)C)cc3NC(C)=O)c(-c3ccc(N(C)C)cc3)o2)cc(OC)c1O. The number of benzene rings is 3. The number of nitrogens with one attached hydrogen (secondary N) is 1. The summed E-state index contributed by atoms with van der Waals surface area (Å²) in [7, 11) is 10.7. The lowest BCUT2D eigenvalue weighted by molar-refractivity contribution is -0.114. The molecule has 0 aliphatic carbocycles. The maximum atomic E-state index is 12.1. The van der Waals surface area contributed by atoms with E-state index < -0.39 is 0 Å². The van der Waals surface area contributed by atoms with Crippen molar-refractivity contribution in [3.05, 3.63) is 54.6 Å². The van der Waals surface area contributed by atoms with Crippen molar-refractivity contribution >= 4 is 23.0 Å². The summed E-state index contributed by atoms with van der Waals surface area (Å²) in [6.07, 6.45) is 0. The van der Waals surface area contributed by atoms with E-state index in [0.717, 1.165) is 16.9 Å². The van der Waals surface area contributed by atoms with Gasteiger partial charge in [-0.25, -0.2) is 4.98 Å². The molecule has 0 saturated carbocycles. The van der Waals surface area contributed by atoms with Crippen LogP contribution in [0.5, 0.6) is 17.2 Å². The molecule has 1 heterocycles. The third-order valence-corrected chi connectivity index (χ3v) is 6.09. The van der Waals surface area contributed by atoms with E-state index in [1.165, 1.54) is 21.1 Å². The highest BCUT2D eigenvalue weighted by molar-refractivity contribution is 5.97. The molecule has 0 aliphatic heterocycles. The smallest absolute Gasteiger partial charge is 0.227 e. The number of aromatic hydroxyl groups is 1. The second-order valence-electron chi connectivity index (χ2n) is 9.17. The summed E-state index contributed by atoms with van der Waals surface area (Å²) in [6, 6.07) is 17.0. The van der Waals surface area contributed by atoms with Gasteiger partial charge in [-0.2, -0.15) is 0 Å². The molecule has 3 aromatic carbocycles. The first-order valence-electron chi connectivity index (χ1n) is 12.0. The van der Waals surface area contributed by atoms with Crippen molar-refractivity contribution in [2.75, 3.05) is 57.5 Å². The van der Waals surface area contributed by atoms with E-state index in [9.17, 15) is 9.90 Å². The van der Waals surface area contributed by atoms with Gasteiger partial charge in [0.15, 0.2) is 17.3 Å². The van der Waals surface area contributed by atoms with Gasteiger partial charge in [0.2, 0.25) is 17.5 Å². The number of carbonyl (C=O) groups excluding carboxylic acids is 1. The first kappa shape index (κ1) is 26.4. The standard InChI is InChI=1S/C29H32N4O5/c1-17(34)30-23-16-21(33(4)5)12-13-22(23)26-28(18-8-10-20(11-9-18)32(2)3)38-29(31-26)19-14-24(36-6)27(35)25(15-19)37-7/h8-16,35H,1-7H3,(H,30,34).